The van der Waals surface area contributed by atoms with E-state index < -0.39 is 0 Å². The Balaban J connectivity index is 1.85. The van der Waals surface area contributed by atoms with Crippen LogP contribution in [0.4, 0.5) is 5.69 Å². The van der Waals surface area contributed by atoms with Crippen LogP contribution in [0.3, 0.4) is 0 Å². The molecule has 1 aromatic heterocycles. The highest BCUT2D eigenvalue weighted by atomic mass is 32.1. The van der Waals surface area contributed by atoms with Crippen molar-refractivity contribution in [3.05, 3.63) is 69.5 Å². The fraction of sp³-hybridized carbons (Fsp3) is 0.167. The molecule has 1 heterocycles. The SMILES string of the molecule is Cc1ccc(Cc2nc(-c3ccccc3N)cs2)cc1C. The Morgan fingerprint density at radius 3 is 2.62 bits per heavy atom. The van der Waals surface area contributed by atoms with Crippen LogP contribution in [-0.4, -0.2) is 4.98 Å². The number of nitrogens with two attached hydrogens (primary N) is 1. The highest BCUT2D eigenvalue weighted by Gasteiger charge is 2.08. The number of para-hydroxylation sites is 1. The number of benzene rings is 2. The molecule has 0 atom stereocenters. The highest BCUT2D eigenvalue weighted by Crippen LogP contribution is 2.27. The van der Waals surface area contributed by atoms with E-state index in [2.05, 4.69) is 37.4 Å². The third-order valence-corrected chi connectivity index (χ3v) is 4.56. The van der Waals surface area contributed by atoms with E-state index in [0.717, 1.165) is 28.4 Å². The Morgan fingerprint density at radius 1 is 1.05 bits per heavy atom. The van der Waals surface area contributed by atoms with E-state index in [1.54, 1.807) is 11.3 Å². The maximum Gasteiger partial charge on any atom is 0.0976 e. The van der Waals surface area contributed by atoms with Crippen LogP contribution in [0.25, 0.3) is 11.3 Å². The van der Waals surface area contributed by atoms with Crippen LogP contribution in [0.2, 0.25) is 0 Å². The van der Waals surface area contributed by atoms with Crippen LogP contribution < -0.4 is 5.73 Å². The molecule has 3 aromatic rings. The molecule has 3 heteroatoms. The van der Waals surface area contributed by atoms with E-state index >= 15 is 0 Å². The molecule has 0 saturated heterocycles. The van der Waals surface area contributed by atoms with Gasteiger partial charge in [-0.15, -0.1) is 11.3 Å². The molecule has 0 unspecified atom stereocenters. The molecule has 0 spiro atoms. The second-order valence-corrected chi connectivity index (χ2v) is 6.25. The van der Waals surface area contributed by atoms with Crippen molar-refractivity contribution in [3.63, 3.8) is 0 Å². The molecule has 0 saturated carbocycles. The summed E-state index contributed by atoms with van der Waals surface area (Å²) < 4.78 is 0. The number of aromatic nitrogens is 1. The van der Waals surface area contributed by atoms with Crippen molar-refractivity contribution in [2.24, 2.45) is 0 Å². The lowest BCUT2D eigenvalue weighted by molar-refractivity contribution is 1.13. The van der Waals surface area contributed by atoms with Crippen LogP contribution in [0, 0.1) is 13.8 Å². The number of anilines is 1. The van der Waals surface area contributed by atoms with Crippen LogP contribution >= 0.6 is 11.3 Å². The predicted octanol–water partition coefficient (Wildman–Crippen LogP) is 4.60. The van der Waals surface area contributed by atoms with Gasteiger partial charge in [0, 0.05) is 23.1 Å². The van der Waals surface area contributed by atoms with Crippen molar-refractivity contribution >= 4 is 17.0 Å². The first-order valence-corrected chi connectivity index (χ1v) is 7.87. The van der Waals surface area contributed by atoms with Gasteiger partial charge in [0.1, 0.15) is 0 Å². The molecule has 21 heavy (non-hydrogen) atoms. The van der Waals surface area contributed by atoms with Gasteiger partial charge in [-0.05, 0) is 36.6 Å². The van der Waals surface area contributed by atoms with Gasteiger partial charge in [-0.3, -0.25) is 0 Å². The Bertz CT molecular complexity index is 774. The lowest BCUT2D eigenvalue weighted by atomic mass is 10.0. The van der Waals surface area contributed by atoms with Gasteiger partial charge < -0.3 is 5.73 Å². The summed E-state index contributed by atoms with van der Waals surface area (Å²) in [7, 11) is 0. The summed E-state index contributed by atoms with van der Waals surface area (Å²) in [4.78, 5) is 4.73. The van der Waals surface area contributed by atoms with Gasteiger partial charge in [-0.2, -0.15) is 0 Å². The van der Waals surface area contributed by atoms with E-state index in [9.17, 15) is 0 Å². The first-order chi connectivity index (χ1) is 10.1. The molecule has 2 nitrogen and oxygen atoms in total. The molecular weight excluding hydrogens is 276 g/mol. The minimum atomic E-state index is 0.778. The van der Waals surface area contributed by atoms with Gasteiger partial charge in [0.15, 0.2) is 0 Å². The summed E-state index contributed by atoms with van der Waals surface area (Å²) in [5, 5.41) is 3.21. The van der Waals surface area contributed by atoms with Crippen molar-refractivity contribution in [2.45, 2.75) is 20.3 Å². The van der Waals surface area contributed by atoms with Gasteiger partial charge >= 0.3 is 0 Å². The molecule has 106 valence electrons. The summed E-state index contributed by atoms with van der Waals surface area (Å²) in [5.74, 6) is 0. The van der Waals surface area contributed by atoms with Crippen molar-refractivity contribution in [1.29, 1.82) is 0 Å². The molecule has 2 N–H and O–H groups in total. The van der Waals surface area contributed by atoms with Gasteiger partial charge in [-0.25, -0.2) is 4.98 Å². The van der Waals surface area contributed by atoms with E-state index in [4.69, 9.17) is 10.7 Å². The summed E-state index contributed by atoms with van der Waals surface area (Å²) in [6.07, 6.45) is 0.874. The number of aryl methyl sites for hydroxylation is 2. The number of hydrogen-bond donors (Lipinski definition) is 1. The van der Waals surface area contributed by atoms with Crippen LogP contribution in [0.1, 0.15) is 21.7 Å². The van der Waals surface area contributed by atoms with Gasteiger partial charge in [0.05, 0.1) is 10.7 Å². The molecule has 0 radical (unpaired) electrons. The lowest BCUT2D eigenvalue weighted by Crippen LogP contribution is -1.92. The molecule has 0 bridgehead atoms. The Morgan fingerprint density at radius 2 is 1.86 bits per heavy atom. The van der Waals surface area contributed by atoms with Gasteiger partial charge in [-0.1, -0.05) is 36.4 Å². The zero-order valence-corrected chi connectivity index (χ0v) is 13.1. The van der Waals surface area contributed by atoms with Crippen LogP contribution in [-0.2, 0) is 6.42 Å². The Labute approximate surface area is 129 Å². The Hall–Kier alpha value is -2.13. The fourth-order valence-electron chi connectivity index (χ4n) is 2.33. The van der Waals surface area contributed by atoms with Crippen LogP contribution in [0.15, 0.2) is 47.8 Å². The van der Waals surface area contributed by atoms with Crippen molar-refractivity contribution in [2.75, 3.05) is 5.73 Å². The minimum Gasteiger partial charge on any atom is -0.398 e. The third kappa shape index (κ3) is 2.98. The topological polar surface area (TPSA) is 38.9 Å². The first-order valence-electron chi connectivity index (χ1n) is 6.99. The average molecular weight is 294 g/mol. The van der Waals surface area contributed by atoms with E-state index in [0.29, 0.717) is 0 Å². The quantitative estimate of drug-likeness (QED) is 0.717. The highest BCUT2D eigenvalue weighted by molar-refractivity contribution is 7.10. The maximum absolute atomic E-state index is 6.02. The number of nitrogen functional groups attached to an aromatic ring is 1. The predicted molar refractivity (Wildman–Crippen MR) is 90.7 cm³/mol. The average Bonchev–Trinajstić information content (AvgIpc) is 2.92. The van der Waals surface area contributed by atoms with Gasteiger partial charge in [0.2, 0.25) is 0 Å². The third-order valence-electron chi connectivity index (χ3n) is 3.72. The van der Waals surface area contributed by atoms with Crippen molar-refractivity contribution < 1.29 is 0 Å². The van der Waals surface area contributed by atoms with E-state index in [1.165, 1.54) is 16.7 Å². The van der Waals surface area contributed by atoms with Crippen molar-refractivity contribution in [1.82, 2.24) is 4.98 Å². The summed E-state index contributed by atoms with van der Waals surface area (Å²) in [6, 6.07) is 14.5. The molecule has 0 aliphatic heterocycles. The normalized spacial score (nSPS) is 10.8. The summed E-state index contributed by atoms with van der Waals surface area (Å²) >= 11 is 1.69. The van der Waals surface area contributed by atoms with E-state index in [1.807, 2.05) is 24.3 Å². The number of rotatable bonds is 3. The number of hydrogen-bond acceptors (Lipinski definition) is 3. The number of thiazole rings is 1. The molecule has 0 aliphatic carbocycles. The zero-order valence-electron chi connectivity index (χ0n) is 12.3. The second-order valence-electron chi connectivity index (χ2n) is 5.31. The van der Waals surface area contributed by atoms with Crippen molar-refractivity contribution in [3.8, 4) is 11.3 Å². The first kappa shape index (κ1) is 13.8. The monoisotopic (exact) mass is 294 g/mol. The zero-order chi connectivity index (χ0) is 14.8. The molecule has 0 aliphatic rings. The minimum absolute atomic E-state index is 0.778. The molecular formula is C18H18N2S. The lowest BCUT2D eigenvalue weighted by Gasteiger charge is -2.03. The molecule has 0 amide bonds. The summed E-state index contributed by atoms with van der Waals surface area (Å²) in [5.41, 5.74) is 12.7. The maximum atomic E-state index is 6.02. The number of nitrogens with zero attached hydrogens (tertiary/aromatic N) is 1. The fourth-order valence-corrected chi connectivity index (χ4v) is 3.16. The Kier molecular flexibility index (Phi) is 3.76. The smallest absolute Gasteiger partial charge is 0.0976 e. The largest absolute Gasteiger partial charge is 0.398 e. The second kappa shape index (κ2) is 5.70. The summed E-state index contributed by atoms with van der Waals surface area (Å²) in [6.45, 7) is 4.29. The van der Waals surface area contributed by atoms with Gasteiger partial charge in [0.25, 0.3) is 0 Å². The molecule has 3 rings (SSSR count). The van der Waals surface area contributed by atoms with Crippen LogP contribution in [0.5, 0.6) is 0 Å². The molecule has 0 fully saturated rings. The molecule has 2 aromatic carbocycles. The van der Waals surface area contributed by atoms with E-state index in [-0.39, 0.29) is 0 Å². The standard InChI is InChI=1S/C18H18N2S/c1-12-7-8-14(9-13(12)2)10-18-20-17(11-21-18)15-5-3-4-6-16(15)19/h3-9,11H,10,19H2,1-2H3.